The van der Waals surface area contributed by atoms with E-state index < -0.39 is 0 Å². The summed E-state index contributed by atoms with van der Waals surface area (Å²) >= 11 is 12.2. The van der Waals surface area contributed by atoms with E-state index in [0.29, 0.717) is 16.6 Å². The standard InChI is InChI=1S/C13H15Cl2N3/c1-9(16)7-12-17-5-6-18(12)8-10-3-2-4-11(14)13(10)15/h2-6,9H,7-8,16H2,1H3. The quantitative estimate of drug-likeness (QED) is 0.937. The summed E-state index contributed by atoms with van der Waals surface area (Å²) in [5.41, 5.74) is 6.78. The molecule has 0 aliphatic heterocycles. The van der Waals surface area contributed by atoms with Crippen molar-refractivity contribution in [3.05, 3.63) is 52.0 Å². The van der Waals surface area contributed by atoms with E-state index in [9.17, 15) is 0 Å². The molecule has 96 valence electrons. The predicted octanol–water partition coefficient (Wildman–Crippen LogP) is 3.13. The highest BCUT2D eigenvalue weighted by atomic mass is 35.5. The molecular formula is C13H15Cl2N3. The maximum absolute atomic E-state index is 6.18. The zero-order valence-corrected chi connectivity index (χ0v) is 11.6. The molecule has 0 spiro atoms. The smallest absolute Gasteiger partial charge is 0.110 e. The first-order valence-corrected chi connectivity index (χ1v) is 6.52. The van der Waals surface area contributed by atoms with Crippen LogP contribution < -0.4 is 5.73 Å². The Morgan fingerprint density at radius 1 is 1.39 bits per heavy atom. The van der Waals surface area contributed by atoms with Crippen molar-refractivity contribution in [2.45, 2.75) is 25.9 Å². The van der Waals surface area contributed by atoms with Crippen LogP contribution in [-0.2, 0) is 13.0 Å². The Kier molecular flexibility index (Phi) is 4.27. The summed E-state index contributed by atoms with van der Waals surface area (Å²) in [4.78, 5) is 4.31. The van der Waals surface area contributed by atoms with Crippen LogP contribution in [0.15, 0.2) is 30.6 Å². The van der Waals surface area contributed by atoms with Crippen molar-refractivity contribution >= 4 is 23.2 Å². The van der Waals surface area contributed by atoms with Crippen molar-refractivity contribution in [1.82, 2.24) is 9.55 Å². The molecule has 0 saturated carbocycles. The third-order valence-electron chi connectivity index (χ3n) is 2.68. The van der Waals surface area contributed by atoms with Crippen LogP contribution in [0.5, 0.6) is 0 Å². The van der Waals surface area contributed by atoms with Crippen LogP contribution in [0.4, 0.5) is 0 Å². The second kappa shape index (κ2) is 5.74. The Balaban J connectivity index is 2.24. The van der Waals surface area contributed by atoms with Crippen LogP contribution in [-0.4, -0.2) is 15.6 Å². The molecule has 0 amide bonds. The lowest BCUT2D eigenvalue weighted by Crippen LogP contribution is -2.20. The average Bonchev–Trinajstić information content (AvgIpc) is 2.72. The van der Waals surface area contributed by atoms with Crippen LogP contribution in [0.25, 0.3) is 0 Å². The van der Waals surface area contributed by atoms with E-state index in [0.717, 1.165) is 17.8 Å². The third-order valence-corrected chi connectivity index (χ3v) is 3.54. The van der Waals surface area contributed by atoms with E-state index in [2.05, 4.69) is 4.98 Å². The zero-order chi connectivity index (χ0) is 13.1. The van der Waals surface area contributed by atoms with Crippen LogP contribution in [0.1, 0.15) is 18.3 Å². The molecule has 0 bridgehead atoms. The highest BCUT2D eigenvalue weighted by Crippen LogP contribution is 2.26. The summed E-state index contributed by atoms with van der Waals surface area (Å²) in [6.45, 7) is 2.62. The van der Waals surface area contributed by atoms with Gasteiger partial charge in [0.25, 0.3) is 0 Å². The fraction of sp³-hybridized carbons (Fsp3) is 0.308. The number of rotatable bonds is 4. The molecule has 1 atom stereocenters. The van der Waals surface area contributed by atoms with Gasteiger partial charge >= 0.3 is 0 Å². The minimum absolute atomic E-state index is 0.0842. The first-order valence-electron chi connectivity index (χ1n) is 5.76. The maximum Gasteiger partial charge on any atom is 0.110 e. The number of hydrogen-bond donors (Lipinski definition) is 1. The highest BCUT2D eigenvalue weighted by molar-refractivity contribution is 6.42. The molecule has 0 aliphatic rings. The van der Waals surface area contributed by atoms with Gasteiger partial charge in [-0.3, -0.25) is 0 Å². The second-order valence-electron chi connectivity index (χ2n) is 4.37. The van der Waals surface area contributed by atoms with Crippen LogP contribution in [0.3, 0.4) is 0 Å². The summed E-state index contributed by atoms with van der Waals surface area (Å²) in [5, 5.41) is 1.17. The Hall–Kier alpha value is -1.03. The fourth-order valence-corrected chi connectivity index (χ4v) is 2.20. The number of benzene rings is 1. The molecule has 1 unspecified atom stereocenters. The van der Waals surface area contributed by atoms with E-state index in [4.69, 9.17) is 28.9 Å². The monoisotopic (exact) mass is 283 g/mol. The van der Waals surface area contributed by atoms with Gasteiger partial charge in [0.1, 0.15) is 5.82 Å². The number of imidazole rings is 1. The van der Waals surface area contributed by atoms with Crippen molar-refractivity contribution in [3.8, 4) is 0 Å². The SMILES string of the molecule is CC(N)Cc1nccn1Cc1cccc(Cl)c1Cl. The molecule has 2 N–H and O–H groups in total. The molecule has 0 saturated heterocycles. The van der Waals surface area contributed by atoms with Crippen molar-refractivity contribution in [1.29, 1.82) is 0 Å². The predicted molar refractivity (Wildman–Crippen MR) is 75.1 cm³/mol. The molecule has 2 aromatic rings. The maximum atomic E-state index is 6.18. The largest absolute Gasteiger partial charge is 0.330 e. The number of halogens is 2. The summed E-state index contributed by atoms with van der Waals surface area (Å²) in [6.07, 6.45) is 4.44. The Morgan fingerprint density at radius 3 is 2.89 bits per heavy atom. The molecule has 0 aliphatic carbocycles. The van der Waals surface area contributed by atoms with Gasteiger partial charge in [0, 0.05) is 24.9 Å². The zero-order valence-electron chi connectivity index (χ0n) is 10.1. The van der Waals surface area contributed by atoms with Crippen molar-refractivity contribution in [2.24, 2.45) is 5.73 Å². The van der Waals surface area contributed by atoms with E-state index in [-0.39, 0.29) is 6.04 Å². The lowest BCUT2D eigenvalue weighted by Gasteiger charge is -2.11. The van der Waals surface area contributed by atoms with E-state index in [1.54, 1.807) is 12.3 Å². The Labute approximate surface area is 117 Å². The van der Waals surface area contributed by atoms with Gasteiger partial charge in [0.2, 0.25) is 0 Å². The minimum Gasteiger partial charge on any atom is -0.330 e. The molecule has 0 fully saturated rings. The van der Waals surface area contributed by atoms with Crippen molar-refractivity contribution in [3.63, 3.8) is 0 Å². The first-order chi connectivity index (χ1) is 8.58. The second-order valence-corrected chi connectivity index (χ2v) is 5.15. The van der Waals surface area contributed by atoms with Gasteiger partial charge in [0.05, 0.1) is 16.6 Å². The number of nitrogens with two attached hydrogens (primary N) is 1. The minimum atomic E-state index is 0.0842. The van der Waals surface area contributed by atoms with E-state index in [1.807, 2.05) is 29.8 Å². The van der Waals surface area contributed by atoms with Gasteiger partial charge in [-0.25, -0.2) is 4.98 Å². The first kappa shape index (κ1) is 13.4. The molecule has 2 rings (SSSR count). The molecule has 1 aromatic heterocycles. The molecule has 1 aromatic carbocycles. The number of hydrogen-bond acceptors (Lipinski definition) is 2. The topological polar surface area (TPSA) is 43.8 Å². The third kappa shape index (κ3) is 3.05. The van der Waals surface area contributed by atoms with Crippen LogP contribution in [0.2, 0.25) is 10.0 Å². The van der Waals surface area contributed by atoms with Gasteiger partial charge in [-0.1, -0.05) is 35.3 Å². The van der Waals surface area contributed by atoms with Gasteiger partial charge in [-0.2, -0.15) is 0 Å². The molecular weight excluding hydrogens is 269 g/mol. The molecule has 0 radical (unpaired) electrons. The molecule has 1 heterocycles. The lowest BCUT2D eigenvalue weighted by atomic mass is 10.2. The number of nitrogens with zero attached hydrogens (tertiary/aromatic N) is 2. The normalized spacial score (nSPS) is 12.7. The van der Waals surface area contributed by atoms with Gasteiger partial charge < -0.3 is 10.3 Å². The van der Waals surface area contributed by atoms with Crippen molar-refractivity contribution < 1.29 is 0 Å². The van der Waals surface area contributed by atoms with Gasteiger partial charge in [-0.05, 0) is 18.6 Å². The Bertz CT molecular complexity index is 535. The van der Waals surface area contributed by atoms with E-state index in [1.165, 1.54) is 0 Å². The summed E-state index contributed by atoms with van der Waals surface area (Å²) in [6, 6.07) is 5.72. The summed E-state index contributed by atoms with van der Waals surface area (Å²) < 4.78 is 2.04. The number of aromatic nitrogens is 2. The molecule has 18 heavy (non-hydrogen) atoms. The molecule has 5 heteroatoms. The summed E-state index contributed by atoms with van der Waals surface area (Å²) in [7, 11) is 0. The summed E-state index contributed by atoms with van der Waals surface area (Å²) in [5.74, 6) is 0.959. The van der Waals surface area contributed by atoms with Gasteiger partial charge in [-0.15, -0.1) is 0 Å². The Morgan fingerprint density at radius 2 is 2.17 bits per heavy atom. The van der Waals surface area contributed by atoms with E-state index >= 15 is 0 Å². The lowest BCUT2D eigenvalue weighted by molar-refractivity contribution is 0.648. The van der Waals surface area contributed by atoms with Crippen LogP contribution >= 0.6 is 23.2 Å². The van der Waals surface area contributed by atoms with Gasteiger partial charge in [0.15, 0.2) is 0 Å². The molecule has 3 nitrogen and oxygen atoms in total. The van der Waals surface area contributed by atoms with Crippen LogP contribution in [0, 0.1) is 0 Å². The fourth-order valence-electron chi connectivity index (χ4n) is 1.82. The van der Waals surface area contributed by atoms with Crippen molar-refractivity contribution in [2.75, 3.05) is 0 Å². The average molecular weight is 284 g/mol. The highest BCUT2D eigenvalue weighted by Gasteiger charge is 2.09.